The summed E-state index contributed by atoms with van der Waals surface area (Å²) in [5.74, 6) is 0.532. The number of rotatable bonds is 4. The fourth-order valence-electron chi connectivity index (χ4n) is 4.72. The van der Waals surface area contributed by atoms with Gasteiger partial charge >= 0.3 is 11.7 Å². The molecule has 1 fully saturated rings. The van der Waals surface area contributed by atoms with Crippen molar-refractivity contribution >= 4 is 23.1 Å². The minimum atomic E-state index is -0.596. The number of anilines is 1. The highest BCUT2D eigenvalue weighted by molar-refractivity contribution is 5.76. The highest BCUT2D eigenvalue weighted by atomic mass is 16.5. The van der Waals surface area contributed by atoms with E-state index in [9.17, 15) is 14.4 Å². The van der Waals surface area contributed by atoms with E-state index in [0.717, 1.165) is 29.9 Å². The Balaban J connectivity index is 1.87. The van der Waals surface area contributed by atoms with E-state index in [-0.39, 0.29) is 6.61 Å². The molecule has 1 aliphatic carbocycles. The number of fused-ring (bicyclic) bond motifs is 3. The summed E-state index contributed by atoms with van der Waals surface area (Å²) in [4.78, 5) is 45.0. The molecule has 0 unspecified atom stereocenters. The predicted molar refractivity (Wildman–Crippen MR) is 109 cm³/mol. The van der Waals surface area contributed by atoms with Crippen molar-refractivity contribution in [3.63, 3.8) is 0 Å². The summed E-state index contributed by atoms with van der Waals surface area (Å²) in [6.45, 7) is 5.24. The van der Waals surface area contributed by atoms with E-state index < -0.39 is 23.8 Å². The van der Waals surface area contributed by atoms with E-state index in [2.05, 4.69) is 11.8 Å². The number of esters is 1. The van der Waals surface area contributed by atoms with Gasteiger partial charge in [-0.15, -0.1) is 0 Å². The van der Waals surface area contributed by atoms with Crippen LogP contribution in [-0.4, -0.2) is 43.8 Å². The van der Waals surface area contributed by atoms with Gasteiger partial charge in [-0.25, -0.2) is 9.36 Å². The standard InChI is InChI=1S/C20H29N5O4/c1-4-29-15(26)12-25-18(27)16-17(22(3)20(25)28)21-19-23(10-13(2)11-24(16)19)14-8-6-5-7-9-14/h13-14H,4-12H2,1-3H3/t13-/m1/s1. The largest absolute Gasteiger partial charge is 0.465 e. The third-order valence-corrected chi connectivity index (χ3v) is 6.08. The van der Waals surface area contributed by atoms with Crippen molar-refractivity contribution in [3.05, 3.63) is 20.8 Å². The van der Waals surface area contributed by atoms with Crippen molar-refractivity contribution in [2.45, 2.75) is 65.1 Å². The van der Waals surface area contributed by atoms with Gasteiger partial charge in [-0.2, -0.15) is 4.98 Å². The Morgan fingerprint density at radius 2 is 1.90 bits per heavy atom. The zero-order valence-electron chi connectivity index (χ0n) is 17.4. The van der Waals surface area contributed by atoms with Crippen LogP contribution in [0.4, 0.5) is 5.95 Å². The summed E-state index contributed by atoms with van der Waals surface area (Å²) in [5.41, 5.74) is -0.264. The van der Waals surface area contributed by atoms with Gasteiger partial charge in [-0.3, -0.25) is 14.2 Å². The van der Waals surface area contributed by atoms with Gasteiger partial charge in [0.05, 0.1) is 6.61 Å². The van der Waals surface area contributed by atoms with Gasteiger partial charge < -0.3 is 14.2 Å². The first-order chi connectivity index (χ1) is 13.9. The first-order valence-corrected chi connectivity index (χ1v) is 10.5. The highest BCUT2D eigenvalue weighted by Gasteiger charge is 2.33. The van der Waals surface area contributed by atoms with E-state index >= 15 is 0 Å². The molecular formula is C20H29N5O4. The summed E-state index contributed by atoms with van der Waals surface area (Å²) in [7, 11) is 1.60. The Hall–Kier alpha value is -2.58. The second kappa shape index (κ2) is 7.68. The molecule has 0 radical (unpaired) electrons. The average Bonchev–Trinajstić information content (AvgIpc) is 3.09. The maximum atomic E-state index is 13.2. The van der Waals surface area contributed by atoms with E-state index in [1.165, 1.54) is 23.8 Å². The summed E-state index contributed by atoms with van der Waals surface area (Å²) < 4.78 is 9.21. The lowest BCUT2D eigenvalue weighted by atomic mass is 9.93. The SMILES string of the molecule is CCOC(=O)Cn1c(=O)c2c(nc3n2C[C@H](C)CN3C2CCCCC2)n(C)c1=O. The van der Waals surface area contributed by atoms with E-state index in [1.54, 1.807) is 14.0 Å². The normalized spacial score (nSPS) is 20.1. The molecule has 0 saturated heterocycles. The lowest BCUT2D eigenvalue weighted by Crippen LogP contribution is -2.45. The number of ether oxygens (including phenoxy) is 1. The summed E-state index contributed by atoms with van der Waals surface area (Å²) >= 11 is 0. The molecule has 0 spiro atoms. The van der Waals surface area contributed by atoms with Gasteiger partial charge in [0.1, 0.15) is 6.54 Å². The van der Waals surface area contributed by atoms with Crippen LogP contribution >= 0.6 is 0 Å². The fraction of sp³-hybridized carbons (Fsp3) is 0.700. The average molecular weight is 403 g/mol. The van der Waals surface area contributed by atoms with Crippen LogP contribution in [-0.2, 0) is 29.7 Å². The van der Waals surface area contributed by atoms with Crippen LogP contribution in [0, 0.1) is 5.92 Å². The Bertz CT molecular complexity index is 1040. The monoisotopic (exact) mass is 403 g/mol. The van der Waals surface area contributed by atoms with Crippen molar-refractivity contribution in [1.29, 1.82) is 0 Å². The number of carbonyl (C=O) groups excluding carboxylic acids is 1. The Morgan fingerprint density at radius 1 is 1.17 bits per heavy atom. The molecule has 3 heterocycles. The molecule has 1 saturated carbocycles. The minimum Gasteiger partial charge on any atom is -0.465 e. The van der Waals surface area contributed by atoms with Crippen LogP contribution in [0.25, 0.3) is 11.2 Å². The Labute approximate surface area is 168 Å². The molecule has 4 rings (SSSR count). The van der Waals surface area contributed by atoms with Crippen molar-refractivity contribution in [2.75, 3.05) is 18.1 Å². The second-order valence-electron chi connectivity index (χ2n) is 8.28. The number of hydrogen-bond donors (Lipinski definition) is 0. The molecule has 0 aromatic carbocycles. The van der Waals surface area contributed by atoms with Crippen molar-refractivity contribution < 1.29 is 9.53 Å². The van der Waals surface area contributed by atoms with Gasteiger partial charge in [0, 0.05) is 26.2 Å². The smallest absolute Gasteiger partial charge is 0.333 e. The van der Waals surface area contributed by atoms with E-state index in [4.69, 9.17) is 9.72 Å². The zero-order chi connectivity index (χ0) is 20.7. The molecule has 0 N–H and O–H groups in total. The molecule has 2 aliphatic rings. The second-order valence-corrected chi connectivity index (χ2v) is 8.28. The molecule has 158 valence electrons. The van der Waals surface area contributed by atoms with Crippen LogP contribution in [0.5, 0.6) is 0 Å². The molecule has 9 nitrogen and oxygen atoms in total. The molecule has 1 atom stereocenters. The van der Waals surface area contributed by atoms with Gasteiger partial charge in [0.15, 0.2) is 11.2 Å². The quantitative estimate of drug-likeness (QED) is 0.714. The lowest BCUT2D eigenvalue weighted by molar-refractivity contribution is -0.143. The van der Waals surface area contributed by atoms with Crippen LogP contribution in [0.15, 0.2) is 9.59 Å². The Kier molecular flexibility index (Phi) is 5.23. The van der Waals surface area contributed by atoms with Crippen LogP contribution in [0.2, 0.25) is 0 Å². The van der Waals surface area contributed by atoms with Crippen LogP contribution < -0.4 is 16.1 Å². The number of carbonyl (C=O) groups is 1. The highest BCUT2D eigenvalue weighted by Crippen LogP contribution is 2.32. The zero-order valence-corrected chi connectivity index (χ0v) is 17.4. The number of nitrogens with zero attached hydrogens (tertiary/aromatic N) is 5. The maximum absolute atomic E-state index is 13.2. The topological polar surface area (TPSA) is 91.4 Å². The van der Waals surface area contributed by atoms with Gasteiger partial charge in [0.25, 0.3) is 5.56 Å². The van der Waals surface area contributed by atoms with Gasteiger partial charge in [-0.1, -0.05) is 26.2 Å². The third kappa shape index (κ3) is 3.36. The molecule has 29 heavy (non-hydrogen) atoms. The molecular weight excluding hydrogens is 374 g/mol. The molecule has 0 amide bonds. The first-order valence-electron chi connectivity index (χ1n) is 10.5. The fourth-order valence-corrected chi connectivity index (χ4v) is 4.72. The number of imidazole rings is 1. The molecule has 9 heteroatoms. The van der Waals surface area contributed by atoms with Crippen molar-refractivity contribution in [1.82, 2.24) is 18.7 Å². The summed E-state index contributed by atoms with van der Waals surface area (Å²) in [5, 5.41) is 0. The first kappa shape index (κ1) is 19.7. The van der Waals surface area contributed by atoms with Crippen molar-refractivity contribution in [2.24, 2.45) is 13.0 Å². The van der Waals surface area contributed by atoms with Crippen LogP contribution in [0.3, 0.4) is 0 Å². The molecule has 1 aliphatic heterocycles. The predicted octanol–water partition coefficient (Wildman–Crippen LogP) is 1.25. The minimum absolute atomic E-state index is 0.200. The third-order valence-electron chi connectivity index (χ3n) is 6.08. The van der Waals surface area contributed by atoms with Crippen LogP contribution in [0.1, 0.15) is 46.0 Å². The molecule has 2 aromatic rings. The van der Waals surface area contributed by atoms with Crippen molar-refractivity contribution in [3.8, 4) is 0 Å². The summed E-state index contributed by atoms with van der Waals surface area (Å²) in [6, 6.07) is 0.417. The van der Waals surface area contributed by atoms with Gasteiger partial charge in [-0.05, 0) is 25.7 Å². The summed E-state index contributed by atoms with van der Waals surface area (Å²) in [6.07, 6.45) is 5.94. The number of hydrogen-bond acceptors (Lipinski definition) is 6. The number of aryl methyl sites for hydroxylation is 1. The van der Waals surface area contributed by atoms with E-state index in [0.29, 0.717) is 29.7 Å². The Morgan fingerprint density at radius 3 is 2.59 bits per heavy atom. The van der Waals surface area contributed by atoms with E-state index in [1.807, 2.05) is 4.57 Å². The maximum Gasteiger partial charge on any atom is 0.333 e. The molecule has 0 bridgehead atoms. The molecule has 2 aromatic heterocycles. The number of aromatic nitrogens is 4. The lowest BCUT2D eigenvalue weighted by Gasteiger charge is -2.40. The van der Waals surface area contributed by atoms with Gasteiger partial charge in [0.2, 0.25) is 5.95 Å².